The maximum atomic E-state index is 14.1. The molecule has 2 fully saturated rings. The van der Waals surface area contributed by atoms with Crippen LogP contribution in [0.15, 0.2) is 30.7 Å². The van der Waals surface area contributed by atoms with Gasteiger partial charge >= 0.3 is 12.3 Å². The minimum atomic E-state index is -4.82. The summed E-state index contributed by atoms with van der Waals surface area (Å²) >= 11 is 6.44. The molecular formula is C26H27ClF3N5O4. The van der Waals surface area contributed by atoms with Crippen LogP contribution in [0.4, 0.5) is 18.0 Å². The van der Waals surface area contributed by atoms with Crippen molar-refractivity contribution in [2.75, 3.05) is 19.6 Å². The lowest BCUT2D eigenvalue weighted by molar-refractivity contribution is -0.139. The number of carbonyl (C=O) groups excluding carboxylic acids is 3. The van der Waals surface area contributed by atoms with Gasteiger partial charge in [-0.15, -0.1) is 0 Å². The number of fused-ring (bicyclic) bond motifs is 1. The second kappa shape index (κ2) is 9.58. The molecule has 1 aliphatic carbocycles. The first-order chi connectivity index (χ1) is 18.2. The normalized spacial score (nSPS) is 17.1. The van der Waals surface area contributed by atoms with Crippen molar-refractivity contribution in [3.05, 3.63) is 47.1 Å². The molecule has 4 heterocycles. The molecule has 0 unspecified atom stereocenters. The molecule has 3 aromatic rings. The summed E-state index contributed by atoms with van der Waals surface area (Å²) in [5.74, 6) is -0.914. The van der Waals surface area contributed by atoms with E-state index in [1.807, 2.05) is 0 Å². The molecule has 1 aliphatic heterocycles. The Morgan fingerprint density at radius 2 is 1.82 bits per heavy atom. The van der Waals surface area contributed by atoms with Gasteiger partial charge in [-0.05, 0) is 52.2 Å². The molecule has 0 atom stereocenters. The highest BCUT2D eigenvalue weighted by molar-refractivity contribution is 6.33. The molecule has 5 rings (SSSR count). The number of hydrogen-bond donors (Lipinski definition) is 0. The fourth-order valence-electron chi connectivity index (χ4n) is 4.71. The molecule has 0 radical (unpaired) electrons. The van der Waals surface area contributed by atoms with Gasteiger partial charge in [0.1, 0.15) is 17.3 Å². The summed E-state index contributed by atoms with van der Waals surface area (Å²) in [4.78, 5) is 45.3. The second-order valence-corrected chi connectivity index (χ2v) is 11.1. The van der Waals surface area contributed by atoms with Crippen LogP contribution in [0.1, 0.15) is 56.1 Å². The van der Waals surface area contributed by atoms with Gasteiger partial charge in [-0.25, -0.2) is 9.78 Å². The number of aromatic nitrogens is 3. The Morgan fingerprint density at radius 3 is 2.41 bits per heavy atom. The molecule has 1 saturated heterocycles. The van der Waals surface area contributed by atoms with E-state index in [1.54, 1.807) is 25.7 Å². The van der Waals surface area contributed by atoms with Gasteiger partial charge in [-0.3, -0.25) is 18.6 Å². The topological polar surface area (TPSA) is 89.2 Å². The zero-order chi connectivity index (χ0) is 28.3. The lowest BCUT2D eigenvalue weighted by atomic mass is 9.91. The first-order valence-electron chi connectivity index (χ1n) is 12.5. The molecule has 3 aromatic heterocycles. The van der Waals surface area contributed by atoms with E-state index in [1.165, 1.54) is 29.6 Å². The molecule has 13 heteroatoms. The summed E-state index contributed by atoms with van der Waals surface area (Å²) in [5.41, 5.74) is -2.37. The smallest absolute Gasteiger partial charge is 0.420 e. The van der Waals surface area contributed by atoms with Gasteiger partial charge in [0, 0.05) is 48.8 Å². The van der Waals surface area contributed by atoms with Crippen LogP contribution in [0.3, 0.4) is 0 Å². The van der Waals surface area contributed by atoms with Crippen LogP contribution >= 0.6 is 11.6 Å². The van der Waals surface area contributed by atoms with Crippen molar-refractivity contribution in [1.82, 2.24) is 23.8 Å². The number of carbonyl (C=O) groups is 3. The first kappa shape index (κ1) is 27.0. The summed E-state index contributed by atoms with van der Waals surface area (Å²) < 4.78 is 49.8. The van der Waals surface area contributed by atoms with Crippen LogP contribution < -0.4 is 0 Å². The number of halogens is 4. The van der Waals surface area contributed by atoms with E-state index in [2.05, 4.69) is 4.98 Å². The van der Waals surface area contributed by atoms with Crippen molar-refractivity contribution >= 4 is 35.2 Å². The lowest BCUT2D eigenvalue weighted by Crippen LogP contribution is -2.56. The van der Waals surface area contributed by atoms with E-state index in [0.717, 1.165) is 34.3 Å². The van der Waals surface area contributed by atoms with Crippen LogP contribution in [-0.2, 0) is 15.7 Å². The standard InChI is InChI=1S/C26H27ClF3N5O4/c1-25(2,3)39-24(38)33-8-7-15(12-33)16-11-18(26(28,29)30)22-31-20(21(27)35(22)13-16)23(37)32-9-10-34(19(36)14-32)17-5-4-6-17/h7-8,11-13,17H,4-6,9-10,14H2,1-3H3. The molecule has 2 amide bonds. The van der Waals surface area contributed by atoms with Gasteiger partial charge < -0.3 is 14.5 Å². The molecular weight excluding hydrogens is 539 g/mol. The number of pyridine rings is 1. The maximum absolute atomic E-state index is 14.1. The SMILES string of the molecule is CC(C)(C)OC(=O)n1ccc(-c2cc(C(F)(F)F)c3nc(C(=O)N4CCN(C5CCC5)C(=O)C4)c(Cl)n3c2)c1. The Bertz CT molecular complexity index is 1470. The van der Waals surface area contributed by atoms with Crippen LogP contribution in [-0.4, -0.2) is 72.9 Å². The molecule has 0 N–H and O–H groups in total. The third kappa shape index (κ3) is 5.21. The number of imidazole rings is 1. The molecule has 1 saturated carbocycles. The number of rotatable bonds is 3. The van der Waals surface area contributed by atoms with Crippen LogP contribution in [0.2, 0.25) is 5.15 Å². The van der Waals surface area contributed by atoms with Gasteiger partial charge in [0.25, 0.3) is 5.91 Å². The van der Waals surface area contributed by atoms with Crippen molar-refractivity contribution in [1.29, 1.82) is 0 Å². The van der Waals surface area contributed by atoms with Crippen LogP contribution in [0.5, 0.6) is 0 Å². The zero-order valence-electron chi connectivity index (χ0n) is 21.6. The largest absolute Gasteiger partial charge is 0.443 e. The summed E-state index contributed by atoms with van der Waals surface area (Å²) in [5, 5.41) is -0.303. The Hall–Kier alpha value is -3.54. The average molecular weight is 566 g/mol. The minimum absolute atomic E-state index is 0.0970. The van der Waals surface area contributed by atoms with Gasteiger partial charge in [0.05, 0.1) is 5.56 Å². The van der Waals surface area contributed by atoms with Crippen molar-refractivity contribution in [2.45, 2.75) is 57.9 Å². The molecule has 9 nitrogen and oxygen atoms in total. The molecule has 0 spiro atoms. The van der Waals surface area contributed by atoms with E-state index < -0.39 is 35.0 Å². The monoisotopic (exact) mass is 565 g/mol. The highest BCUT2D eigenvalue weighted by Crippen LogP contribution is 2.37. The van der Waals surface area contributed by atoms with Crippen LogP contribution in [0.25, 0.3) is 16.8 Å². The number of piperazine rings is 1. The fraction of sp³-hybridized carbons (Fsp3) is 0.462. The molecule has 39 heavy (non-hydrogen) atoms. The van der Waals surface area contributed by atoms with E-state index in [-0.39, 0.29) is 41.4 Å². The Balaban J connectivity index is 1.48. The molecule has 0 bridgehead atoms. The van der Waals surface area contributed by atoms with Crippen molar-refractivity contribution < 1.29 is 32.3 Å². The van der Waals surface area contributed by atoms with Crippen molar-refractivity contribution in [2.24, 2.45) is 0 Å². The van der Waals surface area contributed by atoms with Crippen molar-refractivity contribution in [3.8, 4) is 11.1 Å². The summed E-state index contributed by atoms with van der Waals surface area (Å²) in [6.45, 7) is 5.50. The van der Waals surface area contributed by atoms with Gasteiger partial charge in [-0.2, -0.15) is 13.2 Å². The second-order valence-electron chi connectivity index (χ2n) is 10.8. The predicted octanol–water partition coefficient (Wildman–Crippen LogP) is 5.10. The third-order valence-corrected chi connectivity index (χ3v) is 7.22. The molecule has 2 aliphatic rings. The van der Waals surface area contributed by atoms with E-state index in [4.69, 9.17) is 16.3 Å². The van der Waals surface area contributed by atoms with E-state index in [0.29, 0.717) is 12.1 Å². The maximum Gasteiger partial charge on any atom is 0.420 e. The number of nitrogens with zero attached hydrogens (tertiary/aromatic N) is 5. The average Bonchev–Trinajstić information content (AvgIpc) is 3.42. The quantitative estimate of drug-likeness (QED) is 0.441. The Morgan fingerprint density at radius 1 is 1.10 bits per heavy atom. The highest BCUT2D eigenvalue weighted by atomic mass is 35.5. The molecule has 0 aromatic carbocycles. The van der Waals surface area contributed by atoms with Gasteiger partial charge in [0.15, 0.2) is 11.3 Å². The van der Waals surface area contributed by atoms with E-state index in [9.17, 15) is 27.6 Å². The fourth-order valence-corrected chi connectivity index (χ4v) is 4.96. The summed E-state index contributed by atoms with van der Waals surface area (Å²) in [6.07, 6.45) is 1.47. The summed E-state index contributed by atoms with van der Waals surface area (Å²) in [6, 6.07) is 2.55. The van der Waals surface area contributed by atoms with Gasteiger partial charge in [-0.1, -0.05) is 11.6 Å². The number of ether oxygens (including phenoxy) is 1. The number of alkyl halides is 3. The van der Waals surface area contributed by atoms with Crippen LogP contribution in [0, 0.1) is 0 Å². The Labute approximate surface area is 227 Å². The van der Waals surface area contributed by atoms with E-state index >= 15 is 0 Å². The summed E-state index contributed by atoms with van der Waals surface area (Å²) in [7, 11) is 0. The number of hydrogen-bond acceptors (Lipinski definition) is 5. The number of amides is 2. The Kier molecular flexibility index (Phi) is 6.64. The van der Waals surface area contributed by atoms with Crippen molar-refractivity contribution in [3.63, 3.8) is 0 Å². The molecule has 208 valence electrons. The third-order valence-electron chi connectivity index (χ3n) is 6.86. The predicted molar refractivity (Wildman–Crippen MR) is 136 cm³/mol. The lowest BCUT2D eigenvalue weighted by Gasteiger charge is -2.42. The minimum Gasteiger partial charge on any atom is -0.443 e. The zero-order valence-corrected chi connectivity index (χ0v) is 22.3. The highest BCUT2D eigenvalue weighted by Gasteiger charge is 2.38. The first-order valence-corrected chi connectivity index (χ1v) is 12.9. The van der Waals surface area contributed by atoms with Gasteiger partial charge in [0.2, 0.25) is 5.91 Å².